The van der Waals surface area contributed by atoms with Gasteiger partial charge < -0.3 is 20.4 Å². The minimum absolute atomic E-state index is 0.165. The topological polar surface area (TPSA) is 98.8 Å². The Hall–Kier alpha value is -2.97. The number of likely N-dealkylation sites (tertiary alicyclic amines) is 1. The van der Waals surface area contributed by atoms with E-state index < -0.39 is 29.8 Å². The van der Waals surface area contributed by atoms with E-state index >= 15 is 0 Å². The summed E-state index contributed by atoms with van der Waals surface area (Å²) in [7, 11) is 0. The molecule has 1 aromatic carbocycles. The van der Waals surface area contributed by atoms with Crippen LogP contribution in [0.5, 0.6) is 0 Å². The van der Waals surface area contributed by atoms with Crippen LogP contribution in [0.15, 0.2) is 24.3 Å². The summed E-state index contributed by atoms with van der Waals surface area (Å²) >= 11 is 0. The van der Waals surface area contributed by atoms with Crippen molar-refractivity contribution < 1.29 is 23.6 Å². The van der Waals surface area contributed by atoms with Gasteiger partial charge >= 0.3 is 0 Å². The highest BCUT2D eigenvalue weighted by atomic mass is 19.1. The van der Waals surface area contributed by atoms with Gasteiger partial charge in [0.25, 0.3) is 5.91 Å². The van der Waals surface area contributed by atoms with Gasteiger partial charge in [-0.05, 0) is 31.0 Å². The minimum atomic E-state index is -0.833. The lowest BCUT2D eigenvalue weighted by molar-refractivity contribution is -0.138. The summed E-state index contributed by atoms with van der Waals surface area (Å²) < 4.78 is 13.5. The summed E-state index contributed by atoms with van der Waals surface area (Å²) in [6.07, 6.45) is 0.799. The van der Waals surface area contributed by atoms with Crippen molar-refractivity contribution >= 4 is 23.6 Å². The fourth-order valence-electron chi connectivity index (χ4n) is 4.43. The van der Waals surface area contributed by atoms with Crippen LogP contribution in [0.4, 0.5) is 4.39 Å². The average Bonchev–Trinajstić information content (AvgIpc) is 3.22. The van der Waals surface area contributed by atoms with Gasteiger partial charge in [-0.25, -0.2) is 4.39 Å². The highest BCUT2D eigenvalue weighted by Gasteiger charge is 2.52. The molecule has 2 N–H and O–H groups in total. The predicted molar refractivity (Wildman–Crippen MR) is 95.5 cm³/mol. The smallest absolute Gasteiger partial charge is 0.254 e. The molecule has 0 radical (unpaired) electrons. The van der Waals surface area contributed by atoms with Crippen molar-refractivity contribution in [2.45, 2.75) is 43.9 Å². The molecule has 3 fully saturated rings. The van der Waals surface area contributed by atoms with Crippen LogP contribution in [0.2, 0.25) is 0 Å². The van der Waals surface area contributed by atoms with E-state index in [2.05, 4.69) is 10.6 Å². The molecular weight excluding hydrogens is 367 g/mol. The fraction of sp³-hybridized carbons (Fsp3) is 0.474. The third-order valence-corrected chi connectivity index (χ3v) is 5.61. The molecule has 0 aromatic heterocycles. The number of hydrogen-bond donors (Lipinski definition) is 2. The van der Waals surface area contributed by atoms with E-state index in [1.807, 2.05) is 0 Å². The van der Waals surface area contributed by atoms with Gasteiger partial charge in [0.05, 0.1) is 6.04 Å². The van der Waals surface area contributed by atoms with Gasteiger partial charge in [-0.3, -0.25) is 19.2 Å². The Balaban J connectivity index is 1.60. The van der Waals surface area contributed by atoms with Crippen LogP contribution in [-0.4, -0.2) is 70.7 Å². The van der Waals surface area contributed by atoms with Crippen molar-refractivity contribution in [3.8, 4) is 0 Å². The standard InChI is InChI=1S/C19H21FN4O4/c1-10(25)21-13-8-15-17(26)22-14-5-6-23(16(14)19(28)24(15)9-13)18(27)11-3-2-4-12(20)7-11/h2-4,7,13-16H,5-6,8-9H2,1H3,(H,21,25)(H,22,26). The summed E-state index contributed by atoms with van der Waals surface area (Å²) in [4.78, 5) is 53.0. The third-order valence-electron chi connectivity index (χ3n) is 5.61. The van der Waals surface area contributed by atoms with E-state index in [4.69, 9.17) is 0 Å². The molecule has 4 amide bonds. The SMILES string of the molecule is CC(=O)NC1CC2C(=O)NC3CCN(C(=O)c4cccc(F)c4)C3C(=O)N2C1. The Morgan fingerprint density at radius 2 is 2.07 bits per heavy atom. The second-order valence-electron chi connectivity index (χ2n) is 7.50. The van der Waals surface area contributed by atoms with Crippen LogP contribution >= 0.6 is 0 Å². The highest BCUT2D eigenvalue weighted by molar-refractivity contribution is 6.00. The minimum Gasteiger partial charge on any atom is -0.352 e. The Morgan fingerprint density at radius 1 is 1.29 bits per heavy atom. The van der Waals surface area contributed by atoms with Gasteiger partial charge in [-0.1, -0.05) is 6.07 Å². The molecule has 4 atom stereocenters. The molecule has 0 aliphatic carbocycles. The van der Waals surface area contributed by atoms with E-state index in [9.17, 15) is 23.6 Å². The molecule has 3 aliphatic rings. The van der Waals surface area contributed by atoms with Crippen LogP contribution in [0, 0.1) is 5.82 Å². The van der Waals surface area contributed by atoms with E-state index in [0.717, 1.165) is 6.07 Å². The molecule has 3 heterocycles. The van der Waals surface area contributed by atoms with Gasteiger partial charge in [0, 0.05) is 31.6 Å². The first kappa shape index (κ1) is 18.4. The normalized spacial score (nSPS) is 29.1. The molecule has 1 aromatic rings. The van der Waals surface area contributed by atoms with Crippen molar-refractivity contribution in [3.63, 3.8) is 0 Å². The lowest BCUT2D eigenvalue weighted by Crippen LogP contribution is -2.52. The molecule has 8 nitrogen and oxygen atoms in total. The summed E-state index contributed by atoms with van der Waals surface area (Å²) in [6.45, 7) is 1.91. The maximum Gasteiger partial charge on any atom is 0.254 e. The maximum absolute atomic E-state index is 13.5. The largest absolute Gasteiger partial charge is 0.352 e. The molecule has 9 heteroatoms. The fourth-order valence-corrected chi connectivity index (χ4v) is 4.43. The van der Waals surface area contributed by atoms with E-state index in [1.165, 1.54) is 34.9 Å². The maximum atomic E-state index is 13.5. The number of halogens is 1. The van der Waals surface area contributed by atoms with Gasteiger partial charge in [0.15, 0.2) is 0 Å². The first-order valence-electron chi connectivity index (χ1n) is 9.29. The summed E-state index contributed by atoms with van der Waals surface area (Å²) in [5.74, 6) is -1.78. The second kappa shape index (κ2) is 6.88. The molecule has 4 unspecified atom stereocenters. The molecule has 3 saturated heterocycles. The van der Waals surface area contributed by atoms with Gasteiger partial charge in [-0.15, -0.1) is 0 Å². The number of benzene rings is 1. The molecule has 28 heavy (non-hydrogen) atoms. The lowest BCUT2D eigenvalue weighted by atomic mass is 10.1. The van der Waals surface area contributed by atoms with Crippen molar-refractivity contribution in [1.29, 1.82) is 0 Å². The second-order valence-corrected chi connectivity index (χ2v) is 7.50. The number of rotatable bonds is 2. The van der Waals surface area contributed by atoms with Crippen LogP contribution in [-0.2, 0) is 14.4 Å². The van der Waals surface area contributed by atoms with Gasteiger partial charge in [-0.2, -0.15) is 0 Å². The zero-order valence-electron chi connectivity index (χ0n) is 15.4. The van der Waals surface area contributed by atoms with Crippen molar-refractivity contribution in [2.75, 3.05) is 13.1 Å². The van der Waals surface area contributed by atoms with E-state index in [1.54, 1.807) is 0 Å². The zero-order chi connectivity index (χ0) is 20.0. The highest BCUT2D eigenvalue weighted by Crippen LogP contribution is 2.30. The van der Waals surface area contributed by atoms with Crippen LogP contribution in [0.1, 0.15) is 30.1 Å². The number of hydrogen-bond acceptors (Lipinski definition) is 4. The van der Waals surface area contributed by atoms with Crippen molar-refractivity contribution in [2.24, 2.45) is 0 Å². The van der Waals surface area contributed by atoms with Crippen molar-refractivity contribution in [1.82, 2.24) is 20.4 Å². The number of carbonyl (C=O) groups is 4. The van der Waals surface area contributed by atoms with Crippen molar-refractivity contribution in [3.05, 3.63) is 35.6 Å². The average molecular weight is 388 g/mol. The molecule has 0 spiro atoms. The third kappa shape index (κ3) is 3.10. The predicted octanol–water partition coefficient (Wildman–Crippen LogP) is -0.356. The number of nitrogens with zero attached hydrogens (tertiary/aromatic N) is 2. The monoisotopic (exact) mass is 388 g/mol. The first-order chi connectivity index (χ1) is 13.3. The molecule has 0 saturated carbocycles. The molecular formula is C19H21FN4O4. The van der Waals surface area contributed by atoms with E-state index in [-0.39, 0.29) is 35.9 Å². The van der Waals surface area contributed by atoms with E-state index in [0.29, 0.717) is 19.4 Å². The van der Waals surface area contributed by atoms with Crippen LogP contribution in [0.3, 0.4) is 0 Å². The van der Waals surface area contributed by atoms with Gasteiger partial charge in [0.1, 0.15) is 17.9 Å². The summed E-state index contributed by atoms with van der Waals surface area (Å²) in [5.41, 5.74) is 0.165. The number of fused-ring (bicyclic) bond motifs is 2. The Bertz CT molecular complexity index is 860. The lowest BCUT2D eigenvalue weighted by Gasteiger charge is -2.29. The number of nitrogens with one attached hydrogen (secondary N) is 2. The van der Waals surface area contributed by atoms with Crippen LogP contribution in [0.25, 0.3) is 0 Å². The molecule has 148 valence electrons. The molecule has 4 rings (SSSR count). The summed E-state index contributed by atoms with van der Waals surface area (Å²) in [5, 5.41) is 5.63. The quantitative estimate of drug-likeness (QED) is 0.723. The summed E-state index contributed by atoms with van der Waals surface area (Å²) in [6, 6.07) is 3.07. The number of carbonyl (C=O) groups excluding carboxylic acids is 4. The Labute approximate surface area is 161 Å². The molecule has 0 bridgehead atoms. The Morgan fingerprint density at radius 3 is 2.79 bits per heavy atom. The van der Waals surface area contributed by atoms with Gasteiger partial charge in [0.2, 0.25) is 17.7 Å². The number of amides is 4. The zero-order valence-corrected chi connectivity index (χ0v) is 15.4. The Kier molecular flexibility index (Phi) is 4.52. The van der Waals surface area contributed by atoms with Crippen LogP contribution < -0.4 is 10.6 Å². The molecule has 3 aliphatic heterocycles. The first-order valence-corrected chi connectivity index (χ1v) is 9.29.